The van der Waals surface area contributed by atoms with Gasteiger partial charge in [0.25, 0.3) is 0 Å². The van der Waals surface area contributed by atoms with Gasteiger partial charge in [0.05, 0.1) is 12.6 Å². The van der Waals surface area contributed by atoms with Crippen LogP contribution in [0.3, 0.4) is 0 Å². The first-order valence-corrected chi connectivity index (χ1v) is 10.6. The second kappa shape index (κ2) is 8.26. The summed E-state index contributed by atoms with van der Waals surface area (Å²) in [6.45, 7) is 3.23. The summed E-state index contributed by atoms with van der Waals surface area (Å²) < 4.78 is 11.6. The van der Waals surface area contributed by atoms with Crippen LogP contribution >= 0.6 is 0 Å². The maximum absolute atomic E-state index is 12.7. The Labute approximate surface area is 147 Å². The van der Waals surface area contributed by atoms with Crippen molar-refractivity contribution in [3.05, 3.63) is 35.9 Å². The van der Waals surface area contributed by atoms with E-state index in [0.29, 0.717) is 24.0 Å². The summed E-state index contributed by atoms with van der Waals surface area (Å²) in [5, 5.41) is 3.30. The van der Waals surface area contributed by atoms with Crippen molar-refractivity contribution in [1.82, 2.24) is 10.2 Å². The number of hydrogen-bond donors (Lipinski definition) is 1. The second-order valence-electron chi connectivity index (χ2n) is 7.13. The maximum atomic E-state index is 12.7. The molecule has 2 fully saturated rings. The van der Waals surface area contributed by atoms with E-state index in [2.05, 4.69) is 29.3 Å². The molecule has 1 heterocycles. The van der Waals surface area contributed by atoms with Gasteiger partial charge in [-0.3, -0.25) is 13.9 Å². The lowest BCUT2D eigenvalue weighted by atomic mass is 9.91. The summed E-state index contributed by atoms with van der Waals surface area (Å²) in [4.78, 5) is 14.8. The molecule has 1 N–H and O–H groups in total. The van der Waals surface area contributed by atoms with Crippen LogP contribution in [-0.2, 0) is 15.6 Å². The van der Waals surface area contributed by atoms with Crippen LogP contribution in [0.1, 0.15) is 44.2 Å². The molecule has 1 amide bonds. The van der Waals surface area contributed by atoms with Gasteiger partial charge in [0.1, 0.15) is 0 Å². The number of carbonyl (C=O) groups is 1. The third kappa shape index (κ3) is 4.45. The van der Waals surface area contributed by atoms with E-state index in [1.165, 1.54) is 31.2 Å². The van der Waals surface area contributed by atoms with Gasteiger partial charge in [-0.2, -0.15) is 0 Å². The van der Waals surface area contributed by atoms with Crippen molar-refractivity contribution < 1.29 is 9.00 Å². The lowest BCUT2D eigenvalue weighted by Gasteiger charge is -2.33. The molecule has 1 aliphatic carbocycles. The Hall–Kier alpha value is -1.20. The fraction of sp³-hybridized carbons (Fsp3) is 0.632. The van der Waals surface area contributed by atoms with Gasteiger partial charge in [-0.15, -0.1) is 0 Å². The van der Waals surface area contributed by atoms with Gasteiger partial charge >= 0.3 is 0 Å². The minimum absolute atomic E-state index is 0.0929. The highest BCUT2D eigenvalue weighted by atomic mass is 32.2. The number of nitrogens with one attached hydrogen (secondary N) is 1. The zero-order valence-electron chi connectivity index (χ0n) is 14.4. The van der Waals surface area contributed by atoms with Crippen molar-refractivity contribution >= 4 is 16.7 Å². The van der Waals surface area contributed by atoms with E-state index in [1.54, 1.807) is 0 Å². The van der Waals surface area contributed by atoms with Crippen molar-refractivity contribution in [1.29, 1.82) is 0 Å². The normalized spacial score (nSPS) is 27.0. The molecular formula is C19H28N2O2S. The summed E-state index contributed by atoms with van der Waals surface area (Å²) >= 11 is 0. The highest BCUT2D eigenvalue weighted by molar-refractivity contribution is 7.85. The number of carbonyl (C=O) groups excluding carboxylic acids is 1. The van der Waals surface area contributed by atoms with Crippen molar-refractivity contribution in [2.75, 3.05) is 24.6 Å². The van der Waals surface area contributed by atoms with Crippen LogP contribution in [0.4, 0.5) is 0 Å². The van der Waals surface area contributed by atoms with Crippen LogP contribution in [0, 0.1) is 5.92 Å². The molecule has 0 spiro atoms. The first kappa shape index (κ1) is 17.6. The molecule has 1 saturated heterocycles. The van der Waals surface area contributed by atoms with Crippen LogP contribution < -0.4 is 5.32 Å². The van der Waals surface area contributed by atoms with E-state index in [-0.39, 0.29) is 18.0 Å². The van der Waals surface area contributed by atoms with E-state index in [9.17, 15) is 9.00 Å². The molecule has 2 aliphatic rings. The van der Waals surface area contributed by atoms with Crippen LogP contribution in [-0.4, -0.2) is 45.7 Å². The first-order chi connectivity index (χ1) is 11.6. The monoisotopic (exact) mass is 348 g/mol. The van der Waals surface area contributed by atoms with E-state index in [4.69, 9.17) is 0 Å². The average molecular weight is 349 g/mol. The Kier molecular flexibility index (Phi) is 6.06. The molecule has 1 aliphatic heterocycles. The van der Waals surface area contributed by atoms with Gasteiger partial charge in [-0.05, 0) is 31.2 Å². The number of amides is 1. The maximum Gasteiger partial charge on any atom is 0.234 e. The molecule has 4 nitrogen and oxygen atoms in total. The summed E-state index contributed by atoms with van der Waals surface area (Å²) in [6, 6.07) is 10.7. The molecule has 0 bridgehead atoms. The second-order valence-corrected chi connectivity index (χ2v) is 8.75. The molecular weight excluding hydrogens is 320 g/mol. The molecule has 0 radical (unpaired) electrons. The zero-order chi connectivity index (χ0) is 16.9. The number of benzene rings is 1. The van der Waals surface area contributed by atoms with Gasteiger partial charge in [-0.25, -0.2) is 0 Å². The molecule has 24 heavy (non-hydrogen) atoms. The van der Waals surface area contributed by atoms with E-state index in [0.717, 1.165) is 6.54 Å². The highest BCUT2D eigenvalue weighted by Gasteiger charge is 2.29. The van der Waals surface area contributed by atoms with Gasteiger partial charge < -0.3 is 5.32 Å². The molecule has 1 aromatic rings. The van der Waals surface area contributed by atoms with Crippen molar-refractivity contribution in [3.8, 4) is 0 Å². The Balaban J connectivity index is 1.64. The highest BCUT2D eigenvalue weighted by Crippen LogP contribution is 2.35. The van der Waals surface area contributed by atoms with Gasteiger partial charge in [0.15, 0.2) is 0 Å². The largest absolute Gasteiger partial charge is 0.348 e. The number of rotatable bonds is 5. The summed E-state index contributed by atoms with van der Waals surface area (Å²) in [6.07, 6.45) is 4.91. The predicted octanol–water partition coefficient (Wildman–Crippen LogP) is 2.49. The van der Waals surface area contributed by atoms with Crippen molar-refractivity contribution in [2.45, 2.75) is 44.7 Å². The molecule has 1 aromatic carbocycles. The van der Waals surface area contributed by atoms with Crippen LogP contribution in [0.2, 0.25) is 0 Å². The zero-order valence-corrected chi connectivity index (χ0v) is 15.3. The molecule has 3 atom stereocenters. The van der Waals surface area contributed by atoms with Crippen LogP contribution in [0.15, 0.2) is 30.3 Å². The standard InChI is InChI=1S/C19H28N2O2S/c1-15-14-24(23)12-11-21(15)13-18(22)20-19(17-9-5-6-10-17)16-7-3-2-4-8-16/h2-4,7-8,15,17,19H,5-6,9-14H2,1H3,(H,20,22)/t15-,19+,24-/m1/s1. The Bertz CT molecular complexity index is 572. The Morgan fingerprint density at radius 3 is 2.67 bits per heavy atom. The fourth-order valence-corrected chi connectivity index (χ4v) is 5.31. The minimum atomic E-state index is -0.722. The van der Waals surface area contributed by atoms with Gasteiger partial charge in [-0.1, -0.05) is 43.2 Å². The molecule has 5 heteroatoms. The SMILES string of the molecule is C[C@@H]1C[S@](=O)CCN1CC(=O)N[C@@H](c1ccccc1)C1CCCC1. The van der Waals surface area contributed by atoms with Gasteiger partial charge in [0.2, 0.25) is 5.91 Å². The molecule has 1 saturated carbocycles. The third-order valence-corrected chi connectivity index (χ3v) is 6.84. The van der Waals surface area contributed by atoms with E-state index < -0.39 is 10.8 Å². The number of hydrogen-bond acceptors (Lipinski definition) is 3. The lowest BCUT2D eigenvalue weighted by Crippen LogP contribution is -2.49. The van der Waals surface area contributed by atoms with Crippen molar-refractivity contribution in [2.24, 2.45) is 5.92 Å². The van der Waals surface area contributed by atoms with Gasteiger partial charge in [0, 0.05) is 34.9 Å². The van der Waals surface area contributed by atoms with Crippen LogP contribution in [0.25, 0.3) is 0 Å². The fourth-order valence-electron chi connectivity index (χ4n) is 3.96. The summed E-state index contributed by atoms with van der Waals surface area (Å²) in [5.74, 6) is 2.00. The van der Waals surface area contributed by atoms with Crippen molar-refractivity contribution in [3.63, 3.8) is 0 Å². The minimum Gasteiger partial charge on any atom is -0.348 e. The predicted molar refractivity (Wildman–Crippen MR) is 98.2 cm³/mol. The summed E-state index contributed by atoms with van der Waals surface area (Å²) in [5.41, 5.74) is 1.21. The molecule has 132 valence electrons. The molecule has 3 rings (SSSR count). The van der Waals surface area contributed by atoms with E-state index in [1.807, 2.05) is 18.2 Å². The Morgan fingerprint density at radius 1 is 1.29 bits per heavy atom. The lowest BCUT2D eigenvalue weighted by molar-refractivity contribution is -0.123. The first-order valence-electron chi connectivity index (χ1n) is 9.07. The topological polar surface area (TPSA) is 49.4 Å². The quantitative estimate of drug-likeness (QED) is 0.889. The van der Waals surface area contributed by atoms with E-state index >= 15 is 0 Å². The van der Waals surface area contributed by atoms with Crippen LogP contribution in [0.5, 0.6) is 0 Å². The molecule has 0 unspecified atom stereocenters. The molecule has 0 aromatic heterocycles. The summed E-state index contributed by atoms with van der Waals surface area (Å²) in [7, 11) is -0.722. The number of nitrogens with zero attached hydrogens (tertiary/aromatic N) is 1. The Morgan fingerprint density at radius 2 is 2.00 bits per heavy atom. The third-order valence-electron chi connectivity index (χ3n) is 5.35. The average Bonchev–Trinajstić information content (AvgIpc) is 3.10. The smallest absolute Gasteiger partial charge is 0.234 e.